The Morgan fingerprint density at radius 3 is 2.39 bits per heavy atom. The topological polar surface area (TPSA) is 94.8 Å². The number of fused-ring (bicyclic) bond motifs is 1. The molecule has 1 aromatic heterocycles. The number of imidazole rings is 1. The zero-order valence-electron chi connectivity index (χ0n) is 11.8. The predicted molar refractivity (Wildman–Crippen MR) is 80.8 cm³/mol. The first-order valence-electron chi connectivity index (χ1n) is 6.47. The molecule has 6 nitrogen and oxygen atoms in total. The van der Waals surface area contributed by atoms with E-state index in [9.17, 15) is 22.0 Å². The lowest BCUT2D eigenvalue weighted by atomic mass is 10.2. The van der Waals surface area contributed by atoms with Crippen molar-refractivity contribution in [3.63, 3.8) is 0 Å². The zero-order chi connectivity index (χ0) is 16.8. The second kappa shape index (κ2) is 5.20. The van der Waals surface area contributed by atoms with Crippen LogP contribution in [-0.2, 0) is 10.0 Å². The Bertz CT molecular complexity index is 1070. The van der Waals surface area contributed by atoms with Crippen LogP contribution in [0.1, 0.15) is 5.56 Å². The summed E-state index contributed by atoms with van der Waals surface area (Å²) in [5.74, 6) is -1.93. The van der Waals surface area contributed by atoms with E-state index in [-0.39, 0.29) is 5.69 Å². The molecule has 3 aromatic rings. The Morgan fingerprint density at radius 2 is 1.70 bits per heavy atom. The minimum atomic E-state index is -4.32. The number of benzene rings is 2. The summed E-state index contributed by atoms with van der Waals surface area (Å²) in [7, 11) is -4.32. The molecule has 0 saturated heterocycles. The molecule has 9 heteroatoms. The molecule has 0 amide bonds. The van der Waals surface area contributed by atoms with E-state index in [2.05, 4.69) is 14.7 Å². The van der Waals surface area contributed by atoms with Gasteiger partial charge < -0.3 is 9.97 Å². The molecule has 0 aliphatic rings. The molecule has 120 valence electrons. The molecule has 3 rings (SSSR count). The molecule has 1 heterocycles. The maximum Gasteiger partial charge on any atom is 0.323 e. The third-order valence-electron chi connectivity index (χ3n) is 3.29. The first kappa shape index (κ1) is 15.2. The minimum Gasteiger partial charge on any atom is -0.306 e. The van der Waals surface area contributed by atoms with Crippen LogP contribution in [-0.4, -0.2) is 18.4 Å². The molecule has 0 radical (unpaired) electrons. The fourth-order valence-corrected chi connectivity index (χ4v) is 3.40. The van der Waals surface area contributed by atoms with Gasteiger partial charge in [0, 0.05) is 0 Å². The number of hydrogen-bond donors (Lipinski definition) is 3. The highest BCUT2D eigenvalue weighted by Crippen LogP contribution is 2.25. The molecular weight excluding hydrogens is 328 g/mol. The number of halogens is 2. The molecule has 0 saturated carbocycles. The van der Waals surface area contributed by atoms with Gasteiger partial charge in [-0.25, -0.2) is 22.0 Å². The number of H-pyrrole nitrogens is 2. The van der Waals surface area contributed by atoms with Crippen molar-refractivity contribution >= 4 is 26.7 Å². The van der Waals surface area contributed by atoms with Crippen LogP contribution in [0.3, 0.4) is 0 Å². The minimum absolute atomic E-state index is 0.149. The highest BCUT2D eigenvalue weighted by Gasteiger charge is 2.21. The summed E-state index contributed by atoms with van der Waals surface area (Å²) in [5.41, 5.74) is 1.12. The van der Waals surface area contributed by atoms with Gasteiger partial charge in [-0.2, -0.15) is 0 Å². The lowest BCUT2D eigenvalue weighted by Gasteiger charge is -2.11. The van der Waals surface area contributed by atoms with Crippen molar-refractivity contribution in [2.75, 3.05) is 4.72 Å². The average Bonchev–Trinajstić information content (AvgIpc) is 2.80. The van der Waals surface area contributed by atoms with Crippen molar-refractivity contribution < 1.29 is 17.2 Å². The molecule has 0 unspecified atom stereocenters. The maximum absolute atomic E-state index is 13.7. The van der Waals surface area contributed by atoms with Gasteiger partial charge in [-0.05, 0) is 42.8 Å². The Morgan fingerprint density at radius 1 is 1.04 bits per heavy atom. The molecule has 0 atom stereocenters. The third-order valence-corrected chi connectivity index (χ3v) is 4.67. The smallest absolute Gasteiger partial charge is 0.306 e. The number of aromatic nitrogens is 2. The van der Waals surface area contributed by atoms with Crippen molar-refractivity contribution in [2.45, 2.75) is 11.8 Å². The van der Waals surface area contributed by atoms with Crippen molar-refractivity contribution in [1.29, 1.82) is 0 Å². The third kappa shape index (κ3) is 2.82. The number of hydrogen-bond acceptors (Lipinski definition) is 3. The van der Waals surface area contributed by atoms with Crippen LogP contribution >= 0.6 is 0 Å². The van der Waals surface area contributed by atoms with Crippen LogP contribution in [0.15, 0.2) is 40.0 Å². The highest BCUT2D eigenvalue weighted by molar-refractivity contribution is 7.92. The van der Waals surface area contributed by atoms with Crippen molar-refractivity contribution in [3.8, 4) is 0 Å². The van der Waals surface area contributed by atoms with Crippen LogP contribution in [0.2, 0.25) is 0 Å². The Balaban J connectivity index is 2.08. The summed E-state index contributed by atoms with van der Waals surface area (Å²) in [6.45, 7) is 1.62. The van der Waals surface area contributed by atoms with Crippen molar-refractivity contribution in [1.82, 2.24) is 9.97 Å². The van der Waals surface area contributed by atoms with Gasteiger partial charge in [-0.3, -0.25) is 4.72 Å². The first-order chi connectivity index (χ1) is 10.8. The summed E-state index contributed by atoms with van der Waals surface area (Å²) in [6.07, 6.45) is 0. The van der Waals surface area contributed by atoms with E-state index < -0.39 is 32.2 Å². The van der Waals surface area contributed by atoms with Gasteiger partial charge in [0.25, 0.3) is 10.0 Å². The first-order valence-corrected chi connectivity index (χ1v) is 7.95. The van der Waals surface area contributed by atoms with E-state index in [1.54, 1.807) is 13.0 Å². The van der Waals surface area contributed by atoms with Crippen LogP contribution < -0.4 is 10.4 Å². The molecular formula is C14H11F2N3O3S. The molecule has 2 aromatic carbocycles. The predicted octanol–water partition coefficient (Wildman–Crippen LogP) is 2.24. The Labute approximate surface area is 129 Å². The van der Waals surface area contributed by atoms with Crippen LogP contribution in [0, 0.1) is 18.6 Å². The van der Waals surface area contributed by atoms with E-state index in [1.165, 1.54) is 6.07 Å². The monoisotopic (exact) mass is 339 g/mol. The molecule has 0 aliphatic heterocycles. The number of sulfonamides is 1. The number of rotatable bonds is 3. The Hall–Kier alpha value is -2.68. The van der Waals surface area contributed by atoms with Gasteiger partial charge >= 0.3 is 5.69 Å². The quantitative estimate of drug-likeness (QED) is 0.683. The maximum atomic E-state index is 13.7. The van der Waals surface area contributed by atoms with Gasteiger partial charge in [0.2, 0.25) is 0 Å². The van der Waals surface area contributed by atoms with Crippen molar-refractivity contribution in [2.24, 2.45) is 0 Å². The number of nitrogens with one attached hydrogen (secondary N) is 3. The largest absolute Gasteiger partial charge is 0.323 e. The summed E-state index contributed by atoms with van der Waals surface area (Å²) < 4.78 is 53.6. The van der Waals surface area contributed by atoms with E-state index in [4.69, 9.17) is 0 Å². The fraction of sp³-hybridized carbons (Fsp3) is 0.0714. The summed E-state index contributed by atoms with van der Waals surface area (Å²) >= 11 is 0. The Kier molecular flexibility index (Phi) is 3.44. The standard InChI is InChI=1S/C14H11F2N3O3S/c1-7-4-11-12(18-14(20)17-11)6-10(7)19-23(21,22)13-5-8(15)2-3-9(13)16/h2-6,19H,1H3,(H2,17,18,20). The van der Waals surface area contributed by atoms with Gasteiger partial charge in [0.1, 0.15) is 16.5 Å². The average molecular weight is 339 g/mol. The molecule has 0 aliphatic carbocycles. The van der Waals surface area contributed by atoms with Gasteiger partial charge in [0.15, 0.2) is 0 Å². The summed E-state index contributed by atoms with van der Waals surface area (Å²) in [6, 6.07) is 5.13. The van der Waals surface area contributed by atoms with E-state index in [0.29, 0.717) is 22.7 Å². The van der Waals surface area contributed by atoms with E-state index >= 15 is 0 Å². The zero-order valence-corrected chi connectivity index (χ0v) is 12.6. The van der Waals surface area contributed by atoms with Crippen molar-refractivity contribution in [3.05, 3.63) is 58.0 Å². The number of aromatic amines is 2. The molecule has 3 N–H and O–H groups in total. The second-order valence-electron chi connectivity index (χ2n) is 4.97. The highest BCUT2D eigenvalue weighted by atomic mass is 32.2. The lowest BCUT2D eigenvalue weighted by molar-refractivity contribution is 0.555. The van der Waals surface area contributed by atoms with Gasteiger partial charge in [-0.1, -0.05) is 0 Å². The lowest BCUT2D eigenvalue weighted by Crippen LogP contribution is -2.15. The van der Waals surface area contributed by atoms with Gasteiger partial charge in [-0.15, -0.1) is 0 Å². The van der Waals surface area contributed by atoms with Crippen LogP contribution in [0.25, 0.3) is 11.0 Å². The summed E-state index contributed by atoms with van der Waals surface area (Å²) in [4.78, 5) is 15.5. The fourth-order valence-electron chi connectivity index (χ4n) is 2.18. The molecule has 0 spiro atoms. The summed E-state index contributed by atoms with van der Waals surface area (Å²) in [5, 5.41) is 0. The number of anilines is 1. The number of aryl methyl sites for hydroxylation is 1. The SMILES string of the molecule is Cc1cc2[nH]c(=O)[nH]c2cc1NS(=O)(=O)c1cc(F)ccc1F. The van der Waals surface area contributed by atoms with E-state index in [0.717, 1.165) is 12.1 Å². The normalized spacial score (nSPS) is 11.8. The van der Waals surface area contributed by atoms with Crippen LogP contribution in [0.5, 0.6) is 0 Å². The molecule has 23 heavy (non-hydrogen) atoms. The second-order valence-corrected chi connectivity index (χ2v) is 6.62. The van der Waals surface area contributed by atoms with Crippen LogP contribution in [0.4, 0.5) is 14.5 Å². The molecule has 0 fully saturated rings. The van der Waals surface area contributed by atoms with Gasteiger partial charge in [0.05, 0.1) is 16.7 Å². The molecule has 0 bridgehead atoms. The van der Waals surface area contributed by atoms with E-state index in [1.807, 2.05) is 0 Å².